The van der Waals surface area contributed by atoms with Gasteiger partial charge in [-0.05, 0) is 63.2 Å². The number of halogens is 2. The van der Waals surface area contributed by atoms with Crippen LogP contribution >= 0.6 is 22.9 Å². The molecule has 8 rings (SSSR count). The molecule has 222 valence electrons. The normalized spacial score (nSPS) is 22.9. The lowest BCUT2D eigenvalue weighted by Gasteiger charge is -2.35. The van der Waals surface area contributed by atoms with Crippen LogP contribution in [0.4, 0.5) is 15.2 Å². The fourth-order valence-electron chi connectivity index (χ4n) is 7.89. The number of anilines is 2. The molecule has 2 aromatic heterocycles. The lowest BCUT2D eigenvalue weighted by Crippen LogP contribution is -2.51. The van der Waals surface area contributed by atoms with Gasteiger partial charge in [0.25, 0.3) is 0 Å². The number of nitrogens with one attached hydrogen (secondary N) is 1. The number of hydrogen-bond donors (Lipinski definition) is 3. The topological polar surface area (TPSA) is 124 Å². The minimum Gasteiger partial charge on any atom is -0.506 e. The number of piperazine rings is 1. The second kappa shape index (κ2) is 10.1. The summed E-state index contributed by atoms with van der Waals surface area (Å²) in [7, 11) is 0. The Labute approximate surface area is 257 Å². The minimum absolute atomic E-state index is 0.0288. The van der Waals surface area contributed by atoms with Gasteiger partial charge in [0.1, 0.15) is 34.8 Å². The Morgan fingerprint density at radius 2 is 1.93 bits per heavy atom. The van der Waals surface area contributed by atoms with Crippen molar-refractivity contribution in [2.45, 2.75) is 56.1 Å². The number of phenolic OH excluding ortho intramolecular Hbond substituents is 1. The van der Waals surface area contributed by atoms with Crippen LogP contribution in [0, 0.1) is 17.1 Å². The fourth-order valence-corrected chi connectivity index (χ4v) is 9.12. The average molecular weight is 620 g/mol. The van der Waals surface area contributed by atoms with E-state index in [1.54, 1.807) is 12.1 Å². The molecule has 2 aromatic carbocycles. The second-order valence-corrected chi connectivity index (χ2v) is 13.7. The first-order valence-corrected chi connectivity index (χ1v) is 16.1. The van der Waals surface area contributed by atoms with Crippen LogP contribution < -0.4 is 20.7 Å². The summed E-state index contributed by atoms with van der Waals surface area (Å²) in [4.78, 5) is 14.0. The van der Waals surface area contributed by atoms with Gasteiger partial charge in [0.15, 0.2) is 5.82 Å². The van der Waals surface area contributed by atoms with E-state index in [9.17, 15) is 10.4 Å². The number of aromatic hydroxyl groups is 1. The van der Waals surface area contributed by atoms with Crippen LogP contribution in [0.15, 0.2) is 18.2 Å². The number of nitrogen functional groups attached to an aromatic ring is 1. The highest BCUT2D eigenvalue weighted by Gasteiger charge is 2.45. The molecule has 2 unspecified atom stereocenters. The van der Waals surface area contributed by atoms with Crippen LogP contribution in [0.5, 0.6) is 11.8 Å². The number of nitrogens with two attached hydrogens (primary N) is 1. The van der Waals surface area contributed by atoms with Gasteiger partial charge in [-0.1, -0.05) is 23.7 Å². The molecular formula is C31H31ClFN7O2S. The molecule has 4 saturated heterocycles. The van der Waals surface area contributed by atoms with E-state index in [2.05, 4.69) is 26.2 Å². The molecule has 0 saturated carbocycles. The van der Waals surface area contributed by atoms with Crippen molar-refractivity contribution in [3.8, 4) is 29.0 Å². The van der Waals surface area contributed by atoms with Gasteiger partial charge < -0.3 is 25.8 Å². The summed E-state index contributed by atoms with van der Waals surface area (Å²) in [5.74, 6) is -0.575. The van der Waals surface area contributed by atoms with Gasteiger partial charge in [0.2, 0.25) is 0 Å². The van der Waals surface area contributed by atoms with Crippen LogP contribution in [0.25, 0.3) is 32.1 Å². The zero-order valence-corrected chi connectivity index (χ0v) is 25.1. The highest BCUT2D eigenvalue weighted by molar-refractivity contribution is 7.23. The maximum Gasteiger partial charge on any atom is 0.319 e. The molecule has 43 heavy (non-hydrogen) atoms. The fraction of sp³-hybridized carbons (Fsp3) is 0.452. The van der Waals surface area contributed by atoms with Crippen LogP contribution in [0.3, 0.4) is 0 Å². The molecule has 0 radical (unpaired) electrons. The molecule has 0 spiro atoms. The Morgan fingerprint density at radius 1 is 1.19 bits per heavy atom. The Hall–Kier alpha value is -3.43. The summed E-state index contributed by atoms with van der Waals surface area (Å²) in [6.07, 6.45) is 6.46. The van der Waals surface area contributed by atoms with E-state index in [0.717, 1.165) is 56.3 Å². The number of fused-ring (bicyclic) bond motifs is 5. The molecule has 6 heterocycles. The molecule has 2 atom stereocenters. The Morgan fingerprint density at radius 3 is 2.65 bits per heavy atom. The van der Waals surface area contributed by atoms with Crippen molar-refractivity contribution in [3.63, 3.8) is 0 Å². The van der Waals surface area contributed by atoms with Crippen LogP contribution in [-0.4, -0.2) is 70.4 Å². The third-order valence-electron chi connectivity index (χ3n) is 9.88. The molecule has 4 aliphatic rings. The summed E-state index contributed by atoms with van der Waals surface area (Å²) in [5, 5.41) is 26.0. The predicted octanol–water partition coefficient (Wildman–Crippen LogP) is 5.41. The number of ether oxygens (including phenoxy) is 1. The van der Waals surface area contributed by atoms with Crippen LogP contribution in [0.2, 0.25) is 5.02 Å². The molecular weight excluding hydrogens is 589 g/mol. The first kappa shape index (κ1) is 27.1. The van der Waals surface area contributed by atoms with Gasteiger partial charge in [0.05, 0.1) is 21.5 Å². The Kier molecular flexibility index (Phi) is 6.35. The maximum absolute atomic E-state index is 16.9. The lowest BCUT2D eigenvalue weighted by molar-refractivity contribution is 0.108. The highest BCUT2D eigenvalue weighted by Crippen LogP contribution is 2.49. The standard InChI is InChI=1S/C31H31ClFN7O2S/c32-24-22(18-4-1-5-20-21(18)19(12-34)28(35)43-20)25(33)26-23(27(24)41)29(39-13-16-6-7-17(14-39)36-16)38-30(37-26)42-15-31-8-2-10-40(31)11-3-9-31/h1,4-5,16-17,36,41H,2-3,6-11,13-15,35H2. The van der Waals surface area contributed by atoms with Crippen molar-refractivity contribution in [2.24, 2.45) is 0 Å². The van der Waals surface area contributed by atoms with E-state index in [1.165, 1.54) is 11.3 Å². The largest absolute Gasteiger partial charge is 0.506 e. The van der Waals surface area contributed by atoms with E-state index in [0.29, 0.717) is 41.5 Å². The second-order valence-electron chi connectivity index (χ2n) is 12.3. The van der Waals surface area contributed by atoms with Gasteiger partial charge >= 0.3 is 6.01 Å². The lowest BCUT2D eigenvalue weighted by atomic mass is 9.95. The van der Waals surface area contributed by atoms with Gasteiger partial charge in [-0.2, -0.15) is 15.2 Å². The highest BCUT2D eigenvalue weighted by atomic mass is 35.5. The molecule has 0 amide bonds. The molecule has 4 aromatic rings. The minimum atomic E-state index is -0.702. The van der Waals surface area contributed by atoms with Gasteiger partial charge in [-0.15, -0.1) is 11.3 Å². The summed E-state index contributed by atoms with van der Waals surface area (Å²) in [6.45, 7) is 3.88. The number of rotatable bonds is 5. The zero-order valence-electron chi connectivity index (χ0n) is 23.5. The van der Waals surface area contributed by atoms with E-state index in [1.807, 2.05) is 6.07 Å². The van der Waals surface area contributed by atoms with E-state index >= 15 is 4.39 Å². The molecule has 0 aliphatic carbocycles. The third-order valence-corrected chi connectivity index (χ3v) is 11.2. The predicted molar refractivity (Wildman–Crippen MR) is 167 cm³/mol. The monoisotopic (exact) mass is 619 g/mol. The third kappa shape index (κ3) is 4.14. The molecule has 4 fully saturated rings. The summed E-state index contributed by atoms with van der Waals surface area (Å²) >= 11 is 8.07. The molecule has 4 N–H and O–H groups in total. The first-order chi connectivity index (χ1) is 20.9. The number of aromatic nitrogens is 2. The molecule has 2 bridgehead atoms. The van der Waals surface area contributed by atoms with Crippen LogP contribution in [0.1, 0.15) is 44.1 Å². The van der Waals surface area contributed by atoms with Crippen LogP contribution in [-0.2, 0) is 0 Å². The smallest absolute Gasteiger partial charge is 0.319 e. The van der Waals surface area contributed by atoms with Gasteiger partial charge in [-0.3, -0.25) is 4.90 Å². The van der Waals surface area contributed by atoms with E-state index in [4.69, 9.17) is 27.1 Å². The number of nitrogens with zero attached hydrogens (tertiary/aromatic N) is 5. The summed E-state index contributed by atoms with van der Waals surface area (Å²) in [5.41, 5.74) is 6.64. The molecule has 12 heteroatoms. The van der Waals surface area contributed by atoms with E-state index in [-0.39, 0.29) is 56.4 Å². The van der Waals surface area contributed by atoms with Gasteiger partial charge in [-0.25, -0.2) is 4.39 Å². The summed E-state index contributed by atoms with van der Waals surface area (Å²) < 4.78 is 24.0. The van der Waals surface area contributed by atoms with Crippen molar-refractivity contribution in [1.29, 1.82) is 5.26 Å². The SMILES string of the molecule is N#Cc1c(N)sc2cccc(-c3c(Cl)c(O)c4c(N5CC6CCC(C5)N6)nc(OCC56CCCN5CCC6)nc4c3F)c12. The summed E-state index contributed by atoms with van der Waals surface area (Å²) in [6, 6.07) is 8.08. The molecule has 4 aliphatic heterocycles. The number of thiophene rings is 1. The molecule has 9 nitrogen and oxygen atoms in total. The average Bonchev–Trinajstić information content (AvgIpc) is 3.76. The first-order valence-electron chi connectivity index (χ1n) is 14.9. The number of hydrogen-bond acceptors (Lipinski definition) is 10. The maximum atomic E-state index is 16.9. The number of phenols is 1. The van der Waals surface area contributed by atoms with Crippen molar-refractivity contribution < 1.29 is 14.2 Å². The number of nitriles is 1. The quantitative estimate of drug-likeness (QED) is 0.269. The van der Waals surface area contributed by atoms with Crippen molar-refractivity contribution in [2.75, 3.05) is 43.4 Å². The number of benzene rings is 2. The zero-order chi connectivity index (χ0) is 29.5. The van der Waals surface area contributed by atoms with Gasteiger partial charge in [0, 0.05) is 40.8 Å². The van der Waals surface area contributed by atoms with Crippen molar-refractivity contribution >= 4 is 54.7 Å². The Bertz CT molecular complexity index is 1820. The Balaban J connectivity index is 1.32. The van der Waals surface area contributed by atoms with E-state index < -0.39 is 5.82 Å². The van der Waals surface area contributed by atoms with Crippen molar-refractivity contribution in [3.05, 3.63) is 34.6 Å². The van der Waals surface area contributed by atoms with Crippen molar-refractivity contribution in [1.82, 2.24) is 20.2 Å².